The van der Waals surface area contributed by atoms with Gasteiger partial charge in [-0.25, -0.2) is 0 Å². The standard InChI is InChI=1S/C60H55N/c1-57(2,3)42-37-52(58(4,5)6)56-53(38-42)59(7,8)50-33-22-31-48(55(50)56)47-30-19-21-34-54(47)61(43-27-16-11-17-28-43)44-35-36-46-45-29-18-20-32-49(45)60(51(46)39-44,40-23-12-9-13-24-40)41-25-14-10-15-26-41/h9-39H,1-8H3. The predicted octanol–water partition coefficient (Wildman–Crippen LogP) is 16.1. The Morgan fingerprint density at radius 1 is 0.377 bits per heavy atom. The average Bonchev–Trinajstić information content (AvgIpc) is 3.69. The van der Waals surface area contributed by atoms with E-state index in [1.807, 2.05) is 0 Å². The molecule has 8 aromatic carbocycles. The summed E-state index contributed by atoms with van der Waals surface area (Å²) in [5.41, 5.74) is 21.3. The van der Waals surface area contributed by atoms with Crippen molar-refractivity contribution in [3.63, 3.8) is 0 Å². The largest absolute Gasteiger partial charge is 0.310 e. The number of nitrogens with zero attached hydrogens (tertiary/aromatic N) is 1. The van der Waals surface area contributed by atoms with Gasteiger partial charge in [0.25, 0.3) is 0 Å². The molecule has 0 fully saturated rings. The quantitative estimate of drug-likeness (QED) is 0.162. The normalized spacial score (nSPS) is 14.5. The molecule has 2 aliphatic rings. The number of anilines is 3. The van der Waals surface area contributed by atoms with Gasteiger partial charge in [0.05, 0.1) is 11.1 Å². The molecule has 0 bridgehead atoms. The lowest BCUT2D eigenvalue weighted by Gasteiger charge is -2.35. The molecule has 300 valence electrons. The molecular weight excluding hydrogens is 735 g/mol. The number of rotatable bonds is 6. The van der Waals surface area contributed by atoms with Crippen LogP contribution < -0.4 is 4.90 Å². The lowest BCUT2D eigenvalue weighted by molar-refractivity contribution is 0.564. The maximum Gasteiger partial charge on any atom is 0.0714 e. The highest BCUT2D eigenvalue weighted by atomic mass is 15.1. The van der Waals surface area contributed by atoms with E-state index in [9.17, 15) is 0 Å². The molecule has 2 aliphatic carbocycles. The highest BCUT2D eigenvalue weighted by Crippen LogP contribution is 2.59. The highest BCUT2D eigenvalue weighted by Gasteiger charge is 2.47. The third-order valence-corrected chi connectivity index (χ3v) is 13.6. The van der Waals surface area contributed by atoms with Crippen LogP contribution in [0.3, 0.4) is 0 Å². The van der Waals surface area contributed by atoms with Crippen molar-refractivity contribution < 1.29 is 0 Å². The van der Waals surface area contributed by atoms with Gasteiger partial charge >= 0.3 is 0 Å². The van der Waals surface area contributed by atoms with Gasteiger partial charge in [0.2, 0.25) is 0 Å². The molecule has 0 aromatic heterocycles. The predicted molar refractivity (Wildman–Crippen MR) is 259 cm³/mol. The summed E-state index contributed by atoms with van der Waals surface area (Å²) in [6, 6.07) is 70.5. The zero-order valence-electron chi connectivity index (χ0n) is 36.8. The van der Waals surface area contributed by atoms with Crippen LogP contribution in [0.25, 0.3) is 33.4 Å². The van der Waals surface area contributed by atoms with Crippen LogP contribution in [0, 0.1) is 0 Å². The van der Waals surface area contributed by atoms with E-state index >= 15 is 0 Å². The zero-order chi connectivity index (χ0) is 42.3. The smallest absolute Gasteiger partial charge is 0.0714 e. The summed E-state index contributed by atoms with van der Waals surface area (Å²) >= 11 is 0. The number of hydrogen-bond donors (Lipinski definition) is 0. The van der Waals surface area contributed by atoms with E-state index in [1.165, 1.54) is 77.9 Å². The van der Waals surface area contributed by atoms with Crippen LogP contribution >= 0.6 is 0 Å². The second-order valence-electron chi connectivity index (χ2n) is 19.7. The Morgan fingerprint density at radius 3 is 1.56 bits per heavy atom. The molecule has 1 nitrogen and oxygen atoms in total. The van der Waals surface area contributed by atoms with Crippen LogP contribution in [0.15, 0.2) is 188 Å². The monoisotopic (exact) mass is 789 g/mol. The molecule has 0 N–H and O–H groups in total. The fourth-order valence-corrected chi connectivity index (χ4v) is 10.6. The summed E-state index contributed by atoms with van der Waals surface area (Å²) in [4.78, 5) is 2.49. The first-order chi connectivity index (χ1) is 29.3. The Bertz CT molecular complexity index is 2900. The SMILES string of the molecule is CC(C)(C)c1cc(C(C)(C)C)c2c(c1)C(C)(C)c1cccc(-c3ccccc3N(c3ccccc3)c3ccc4c(c3)C(c3ccccc3)(c3ccccc3)c3ccccc3-4)c1-2. The first-order valence-electron chi connectivity index (χ1n) is 21.9. The molecule has 0 aliphatic heterocycles. The van der Waals surface area contributed by atoms with Crippen molar-refractivity contribution >= 4 is 17.1 Å². The minimum Gasteiger partial charge on any atom is -0.310 e. The molecule has 0 atom stereocenters. The van der Waals surface area contributed by atoms with Crippen LogP contribution in [0.4, 0.5) is 17.1 Å². The number of fused-ring (bicyclic) bond motifs is 6. The van der Waals surface area contributed by atoms with Crippen molar-refractivity contribution in [2.45, 2.75) is 77.0 Å². The molecule has 0 heterocycles. The van der Waals surface area contributed by atoms with Crippen molar-refractivity contribution in [1.82, 2.24) is 0 Å². The Morgan fingerprint density at radius 2 is 0.918 bits per heavy atom. The summed E-state index contributed by atoms with van der Waals surface area (Å²) in [6.45, 7) is 19.0. The van der Waals surface area contributed by atoms with Crippen molar-refractivity contribution in [3.05, 3.63) is 233 Å². The third kappa shape index (κ3) is 5.96. The van der Waals surface area contributed by atoms with Gasteiger partial charge in [0, 0.05) is 22.4 Å². The minimum absolute atomic E-state index is 0.0291. The summed E-state index contributed by atoms with van der Waals surface area (Å²) in [5.74, 6) is 0. The minimum atomic E-state index is -0.503. The maximum atomic E-state index is 2.52. The van der Waals surface area contributed by atoms with Crippen LogP contribution in [0.1, 0.15) is 99.9 Å². The highest BCUT2D eigenvalue weighted by molar-refractivity contribution is 6.00. The van der Waals surface area contributed by atoms with E-state index in [-0.39, 0.29) is 16.2 Å². The van der Waals surface area contributed by atoms with Crippen LogP contribution in [-0.2, 0) is 21.7 Å². The van der Waals surface area contributed by atoms with E-state index < -0.39 is 5.41 Å². The van der Waals surface area contributed by atoms with Gasteiger partial charge in [-0.2, -0.15) is 0 Å². The van der Waals surface area contributed by atoms with Gasteiger partial charge in [-0.15, -0.1) is 0 Å². The Balaban J connectivity index is 1.24. The lowest BCUT2D eigenvalue weighted by atomic mass is 9.67. The number of hydrogen-bond acceptors (Lipinski definition) is 1. The molecule has 0 radical (unpaired) electrons. The van der Waals surface area contributed by atoms with Gasteiger partial charge in [-0.1, -0.05) is 213 Å². The topological polar surface area (TPSA) is 3.24 Å². The van der Waals surface area contributed by atoms with Crippen molar-refractivity contribution in [3.8, 4) is 33.4 Å². The van der Waals surface area contributed by atoms with Gasteiger partial charge in [0.15, 0.2) is 0 Å². The molecule has 0 saturated heterocycles. The molecule has 0 unspecified atom stereocenters. The Labute approximate surface area is 363 Å². The summed E-state index contributed by atoms with van der Waals surface area (Å²) < 4.78 is 0. The number of benzene rings is 8. The van der Waals surface area contributed by atoms with Crippen LogP contribution in [0.2, 0.25) is 0 Å². The molecule has 0 saturated carbocycles. The summed E-state index contributed by atoms with van der Waals surface area (Å²) in [5, 5.41) is 0. The van der Waals surface area contributed by atoms with E-state index in [1.54, 1.807) is 0 Å². The van der Waals surface area contributed by atoms with Crippen molar-refractivity contribution in [2.75, 3.05) is 4.90 Å². The van der Waals surface area contributed by atoms with E-state index in [0.717, 1.165) is 17.1 Å². The molecule has 0 amide bonds. The molecule has 10 rings (SSSR count). The second kappa shape index (κ2) is 14.1. The van der Waals surface area contributed by atoms with Crippen LogP contribution in [-0.4, -0.2) is 0 Å². The Kier molecular flexibility index (Phi) is 8.93. The van der Waals surface area contributed by atoms with Crippen molar-refractivity contribution in [2.24, 2.45) is 0 Å². The zero-order valence-corrected chi connectivity index (χ0v) is 36.8. The van der Waals surface area contributed by atoms with E-state index in [2.05, 4.69) is 248 Å². The summed E-state index contributed by atoms with van der Waals surface area (Å²) in [6.07, 6.45) is 0. The van der Waals surface area contributed by atoms with Gasteiger partial charge in [-0.05, 0) is 113 Å². The summed E-state index contributed by atoms with van der Waals surface area (Å²) in [7, 11) is 0. The van der Waals surface area contributed by atoms with Gasteiger partial charge < -0.3 is 4.90 Å². The third-order valence-electron chi connectivity index (χ3n) is 13.6. The van der Waals surface area contributed by atoms with Gasteiger partial charge in [-0.3, -0.25) is 0 Å². The molecule has 8 aromatic rings. The lowest BCUT2D eigenvalue weighted by Crippen LogP contribution is -2.28. The molecular formula is C60H55N. The van der Waals surface area contributed by atoms with Gasteiger partial charge in [0.1, 0.15) is 0 Å². The molecule has 61 heavy (non-hydrogen) atoms. The number of para-hydroxylation sites is 2. The average molecular weight is 790 g/mol. The van der Waals surface area contributed by atoms with E-state index in [0.29, 0.717) is 0 Å². The maximum absolute atomic E-state index is 2.52. The van der Waals surface area contributed by atoms with E-state index in [4.69, 9.17) is 0 Å². The molecule has 1 heteroatoms. The second-order valence-corrected chi connectivity index (χ2v) is 19.7. The van der Waals surface area contributed by atoms with Crippen molar-refractivity contribution in [1.29, 1.82) is 0 Å². The first kappa shape index (κ1) is 38.7. The van der Waals surface area contributed by atoms with Crippen LogP contribution in [0.5, 0.6) is 0 Å². The fourth-order valence-electron chi connectivity index (χ4n) is 10.6. The Hall–Kier alpha value is -6.44. The fraction of sp³-hybridized carbons (Fsp3) is 0.200. The molecule has 0 spiro atoms. The first-order valence-corrected chi connectivity index (χ1v) is 21.9.